The number of anilines is 1. The van der Waals surface area contributed by atoms with Crippen LogP contribution in [0.15, 0.2) is 30.3 Å². The topological polar surface area (TPSA) is 79.7 Å². The fourth-order valence-electron chi connectivity index (χ4n) is 3.19. The van der Waals surface area contributed by atoms with Gasteiger partial charge in [-0.1, -0.05) is 12.1 Å². The molecular formula is C19H14F2N2O4S. The number of nitrogens with zero attached hydrogens (tertiary/aromatic N) is 2. The number of aromatic nitrogens is 1. The SMILES string of the molecule is Cc1cccc2c1N(Cc1nc3c(F)c(F)ccc3s1)C(=O)C(CC(=O)O)O2. The second kappa shape index (κ2) is 6.83. The van der Waals surface area contributed by atoms with Crippen LogP contribution in [0, 0.1) is 18.6 Å². The Hall–Kier alpha value is -3.07. The molecule has 28 heavy (non-hydrogen) atoms. The minimum Gasteiger partial charge on any atom is -0.481 e. The zero-order valence-corrected chi connectivity index (χ0v) is 15.4. The van der Waals surface area contributed by atoms with Crippen molar-refractivity contribution in [1.82, 2.24) is 4.98 Å². The van der Waals surface area contributed by atoms with E-state index in [1.807, 2.05) is 0 Å². The van der Waals surface area contributed by atoms with Crippen molar-refractivity contribution in [2.24, 2.45) is 0 Å². The quantitative estimate of drug-likeness (QED) is 0.718. The van der Waals surface area contributed by atoms with Crippen LogP contribution in [0.25, 0.3) is 10.2 Å². The lowest BCUT2D eigenvalue weighted by molar-refractivity contribution is -0.142. The highest BCUT2D eigenvalue weighted by molar-refractivity contribution is 7.18. The zero-order valence-electron chi connectivity index (χ0n) is 14.6. The Bertz CT molecular complexity index is 1110. The second-order valence-corrected chi connectivity index (χ2v) is 7.48. The Morgan fingerprint density at radius 1 is 1.32 bits per heavy atom. The molecule has 1 unspecified atom stereocenters. The molecule has 2 aromatic carbocycles. The van der Waals surface area contributed by atoms with Crippen LogP contribution in [-0.4, -0.2) is 28.1 Å². The van der Waals surface area contributed by atoms with Crippen LogP contribution in [0.1, 0.15) is 17.0 Å². The monoisotopic (exact) mass is 404 g/mol. The van der Waals surface area contributed by atoms with Gasteiger partial charge in [0.05, 0.1) is 23.4 Å². The molecule has 0 radical (unpaired) electrons. The van der Waals surface area contributed by atoms with E-state index in [9.17, 15) is 18.4 Å². The molecule has 144 valence electrons. The summed E-state index contributed by atoms with van der Waals surface area (Å²) in [4.78, 5) is 29.5. The van der Waals surface area contributed by atoms with E-state index < -0.39 is 36.0 Å². The molecule has 2 heterocycles. The summed E-state index contributed by atoms with van der Waals surface area (Å²) in [6.45, 7) is 1.80. The number of aliphatic carboxylic acids is 1. The lowest BCUT2D eigenvalue weighted by Crippen LogP contribution is -2.46. The highest BCUT2D eigenvalue weighted by atomic mass is 32.1. The number of aryl methyl sites for hydroxylation is 1. The van der Waals surface area contributed by atoms with Gasteiger partial charge in [-0.05, 0) is 30.7 Å². The minimum absolute atomic E-state index is 0.00340. The third-order valence-corrected chi connectivity index (χ3v) is 5.44. The fourth-order valence-corrected chi connectivity index (χ4v) is 4.14. The zero-order chi connectivity index (χ0) is 20.0. The Morgan fingerprint density at radius 2 is 2.11 bits per heavy atom. The first-order valence-electron chi connectivity index (χ1n) is 8.38. The predicted molar refractivity (Wildman–Crippen MR) is 98.6 cm³/mol. The van der Waals surface area contributed by atoms with Crippen molar-refractivity contribution < 1.29 is 28.2 Å². The number of fused-ring (bicyclic) bond motifs is 2. The number of halogens is 2. The van der Waals surface area contributed by atoms with Crippen molar-refractivity contribution in [3.05, 3.63) is 52.5 Å². The van der Waals surface area contributed by atoms with Crippen LogP contribution in [0.3, 0.4) is 0 Å². The number of carboxylic acid groups (broad SMARTS) is 1. The Balaban J connectivity index is 1.76. The van der Waals surface area contributed by atoms with E-state index in [4.69, 9.17) is 9.84 Å². The third-order valence-electron chi connectivity index (χ3n) is 4.43. The van der Waals surface area contributed by atoms with Crippen molar-refractivity contribution in [3.8, 4) is 5.75 Å². The van der Waals surface area contributed by atoms with Crippen LogP contribution in [-0.2, 0) is 16.1 Å². The molecule has 6 nitrogen and oxygen atoms in total. The van der Waals surface area contributed by atoms with Gasteiger partial charge in [-0.3, -0.25) is 14.5 Å². The Kier molecular flexibility index (Phi) is 4.46. The number of thiazole rings is 1. The van der Waals surface area contributed by atoms with Gasteiger partial charge in [0.15, 0.2) is 17.7 Å². The first kappa shape index (κ1) is 18.3. The smallest absolute Gasteiger partial charge is 0.307 e. The molecule has 1 N–H and O–H groups in total. The molecule has 9 heteroatoms. The Labute approximate surface area is 162 Å². The van der Waals surface area contributed by atoms with E-state index in [2.05, 4.69) is 4.98 Å². The largest absolute Gasteiger partial charge is 0.481 e. The molecule has 0 fully saturated rings. The molecule has 0 spiro atoms. The summed E-state index contributed by atoms with van der Waals surface area (Å²) in [5.41, 5.74) is 1.19. The van der Waals surface area contributed by atoms with E-state index >= 15 is 0 Å². The molecule has 1 aromatic heterocycles. The lowest BCUT2D eigenvalue weighted by Gasteiger charge is -2.34. The van der Waals surface area contributed by atoms with Crippen molar-refractivity contribution in [1.29, 1.82) is 0 Å². The molecular weight excluding hydrogens is 390 g/mol. The van der Waals surface area contributed by atoms with Gasteiger partial charge in [-0.2, -0.15) is 0 Å². The molecule has 3 aromatic rings. The first-order chi connectivity index (χ1) is 13.3. The van der Waals surface area contributed by atoms with Gasteiger partial charge < -0.3 is 9.84 Å². The average Bonchev–Trinajstić information content (AvgIpc) is 3.05. The molecule has 1 aliphatic rings. The minimum atomic E-state index is -1.17. The normalized spacial score (nSPS) is 16.2. The second-order valence-electron chi connectivity index (χ2n) is 6.37. The van der Waals surface area contributed by atoms with E-state index in [-0.39, 0.29) is 12.1 Å². The maximum Gasteiger partial charge on any atom is 0.307 e. The molecule has 1 atom stereocenters. The van der Waals surface area contributed by atoms with Gasteiger partial charge in [-0.15, -0.1) is 11.3 Å². The highest BCUT2D eigenvalue weighted by Gasteiger charge is 2.37. The maximum atomic E-state index is 14.0. The summed E-state index contributed by atoms with van der Waals surface area (Å²) in [5, 5.41) is 9.48. The standard InChI is InChI=1S/C19H14F2N2O4S/c1-9-3-2-4-11-18(9)23(19(26)12(27-11)7-15(24)25)8-14-22-17-13(28-14)6-5-10(20)16(17)21/h2-6,12H,7-8H2,1H3,(H,24,25). The van der Waals surface area contributed by atoms with Gasteiger partial charge in [0.25, 0.3) is 5.91 Å². The maximum absolute atomic E-state index is 14.0. The summed E-state index contributed by atoms with van der Waals surface area (Å²) in [6, 6.07) is 7.66. The Morgan fingerprint density at radius 3 is 2.86 bits per heavy atom. The van der Waals surface area contributed by atoms with Crippen LogP contribution >= 0.6 is 11.3 Å². The molecule has 0 bridgehead atoms. The molecule has 0 saturated heterocycles. The number of hydrogen-bond donors (Lipinski definition) is 1. The summed E-state index contributed by atoms with van der Waals surface area (Å²) in [7, 11) is 0. The van der Waals surface area contributed by atoms with E-state index in [0.29, 0.717) is 21.1 Å². The van der Waals surface area contributed by atoms with Gasteiger partial charge in [-0.25, -0.2) is 13.8 Å². The molecule has 0 saturated carbocycles. The number of carboxylic acids is 1. The van der Waals surface area contributed by atoms with E-state index in [1.54, 1.807) is 25.1 Å². The van der Waals surface area contributed by atoms with Gasteiger partial charge in [0.1, 0.15) is 16.3 Å². The number of rotatable bonds is 4. The van der Waals surface area contributed by atoms with Crippen molar-refractivity contribution in [3.63, 3.8) is 0 Å². The van der Waals surface area contributed by atoms with Crippen molar-refractivity contribution in [2.45, 2.75) is 26.0 Å². The van der Waals surface area contributed by atoms with Crippen molar-refractivity contribution >= 4 is 39.1 Å². The number of ether oxygens (including phenoxy) is 1. The molecule has 4 rings (SSSR count). The van der Waals surface area contributed by atoms with E-state index in [1.165, 1.54) is 11.0 Å². The van der Waals surface area contributed by atoms with Crippen LogP contribution in [0.2, 0.25) is 0 Å². The van der Waals surface area contributed by atoms with Crippen molar-refractivity contribution in [2.75, 3.05) is 4.90 Å². The van der Waals surface area contributed by atoms with Gasteiger partial charge in [0.2, 0.25) is 0 Å². The number of amides is 1. The third kappa shape index (κ3) is 3.07. The van der Waals surface area contributed by atoms with Crippen LogP contribution in [0.4, 0.5) is 14.5 Å². The molecule has 1 amide bonds. The summed E-state index contributed by atoms with van der Waals surface area (Å²) >= 11 is 1.14. The number of benzene rings is 2. The molecule has 0 aliphatic carbocycles. The number of hydrogen-bond acceptors (Lipinski definition) is 5. The predicted octanol–water partition coefficient (Wildman–Crippen LogP) is 3.65. The van der Waals surface area contributed by atoms with Gasteiger partial charge in [0, 0.05) is 0 Å². The fraction of sp³-hybridized carbons (Fsp3) is 0.211. The average molecular weight is 404 g/mol. The highest BCUT2D eigenvalue weighted by Crippen LogP contribution is 2.39. The lowest BCUT2D eigenvalue weighted by atomic mass is 10.1. The van der Waals surface area contributed by atoms with E-state index in [0.717, 1.165) is 23.0 Å². The first-order valence-corrected chi connectivity index (χ1v) is 9.19. The summed E-state index contributed by atoms with van der Waals surface area (Å²) in [6.07, 6.45) is -1.65. The summed E-state index contributed by atoms with van der Waals surface area (Å²) in [5.74, 6) is -3.31. The number of carbonyl (C=O) groups excluding carboxylic acids is 1. The van der Waals surface area contributed by atoms with Crippen LogP contribution in [0.5, 0.6) is 5.75 Å². The summed E-state index contributed by atoms with van der Waals surface area (Å²) < 4.78 is 33.5. The number of carbonyl (C=O) groups is 2. The van der Waals surface area contributed by atoms with Crippen LogP contribution < -0.4 is 9.64 Å². The number of para-hydroxylation sites is 1. The molecule has 1 aliphatic heterocycles. The van der Waals surface area contributed by atoms with Gasteiger partial charge >= 0.3 is 5.97 Å².